The predicted octanol–water partition coefficient (Wildman–Crippen LogP) is 1.63. The molecule has 1 aliphatic rings. The minimum absolute atomic E-state index is 0. The highest BCUT2D eigenvalue weighted by atomic mass is 35.5. The van der Waals surface area contributed by atoms with Crippen LogP contribution in [-0.2, 0) is 6.42 Å². The SMILES string of the molecule is Cl.Cl.c1ccc(CC2CNCCN2)cc1. The summed E-state index contributed by atoms with van der Waals surface area (Å²) >= 11 is 0. The predicted molar refractivity (Wildman–Crippen MR) is 69.3 cm³/mol. The zero-order valence-electron chi connectivity index (χ0n) is 8.61. The first-order valence-corrected chi connectivity index (χ1v) is 4.93. The molecule has 0 spiro atoms. The molecular weight excluding hydrogens is 231 g/mol. The normalized spacial score (nSPS) is 19.9. The van der Waals surface area contributed by atoms with Crippen molar-refractivity contribution < 1.29 is 0 Å². The largest absolute Gasteiger partial charge is 0.314 e. The molecule has 1 aliphatic heterocycles. The smallest absolute Gasteiger partial charge is 0.0233 e. The average molecular weight is 249 g/mol. The van der Waals surface area contributed by atoms with Crippen molar-refractivity contribution in [2.45, 2.75) is 12.5 Å². The average Bonchev–Trinajstić information content (AvgIpc) is 2.21. The van der Waals surface area contributed by atoms with Gasteiger partial charge in [-0.15, -0.1) is 24.8 Å². The van der Waals surface area contributed by atoms with E-state index in [-0.39, 0.29) is 24.8 Å². The summed E-state index contributed by atoms with van der Waals surface area (Å²) in [7, 11) is 0. The fourth-order valence-corrected chi connectivity index (χ4v) is 1.76. The number of halogens is 2. The van der Waals surface area contributed by atoms with Crippen LogP contribution in [0.2, 0.25) is 0 Å². The van der Waals surface area contributed by atoms with Crippen molar-refractivity contribution in [3.8, 4) is 0 Å². The summed E-state index contributed by atoms with van der Waals surface area (Å²) in [5, 5.41) is 6.90. The number of nitrogens with one attached hydrogen (secondary N) is 2. The molecular formula is C11H18Cl2N2. The van der Waals surface area contributed by atoms with Crippen LogP contribution in [0.5, 0.6) is 0 Å². The molecule has 4 heteroatoms. The van der Waals surface area contributed by atoms with Crippen molar-refractivity contribution in [1.29, 1.82) is 0 Å². The molecule has 2 nitrogen and oxygen atoms in total. The third-order valence-corrected chi connectivity index (χ3v) is 2.45. The molecule has 1 unspecified atom stereocenters. The summed E-state index contributed by atoms with van der Waals surface area (Å²) in [6, 6.07) is 11.3. The summed E-state index contributed by atoms with van der Waals surface area (Å²) in [5.41, 5.74) is 1.42. The Hall–Kier alpha value is -0.280. The van der Waals surface area contributed by atoms with Crippen molar-refractivity contribution in [2.75, 3.05) is 19.6 Å². The lowest BCUT2D eigenvalue weighted by atomic mass is 10.1. The standard InChI is InChI=1S/C11H16N2.2ClH/c1-2-4-10(5-3-1)8-11-9-12-6-7-13-11;;/h1-5,11-13H,6-9H2;2*1H. The van der Waals surface area contributed by atoms with Crippen LogP contribution in [-0.4, -0.2) is 25.7 Å². The molecule has 0 bridgehead atoms. The molecule has 2 rings (SSSR count). The topological polar surface area (TPSA) is 24.1 Å². The maximum absolute atomic E-state index is 3.51. The van der Waals surface area contributed by atoms with Gasteiger partial charge in [0, 0.05) is 25.7 Å². The zero-order valence-corrected chi connectivity index (χ0v) is 10.2. The first-order valence-electron chi connectivity index (χ1n) is 4.93. The molecule has 1 fully saturated rings. The monoisotopic (exact) mass is 248 g/mol. The fourth-order valence-electron chi connectivity index (χ4n) is 1.76. The van der Waals surface area contributed by atoms with Crippen molar-refractivity contribution in [3.63, 3.8) is 0 Å². The van der Waals surface area contributed by atoms with Gasteiger partial charge in [0.05, 0.1) is 0 Å². The van der Waals surface area contributed by atoms with Gasteiger partial charge in [-0.1, -0.05) is 30.3 Å². The van der Waals surface area contributed by atoms with Crippen LogP contribution in [0.3, 0.4) is 0 Å². The molecule has 0 saturated carbocycles. The van der Waals surface area contributed by atoms with Gasteiger partial charge in [-0.2, -0.15) is 0 Å². The van der Waals surface area contributed by atoms with Crippen molar-refractivity contribution in [2.24, 2.45) is 0 Å². The van der Waals surface area contributed by atoms with Crippen LogP contribution < -0.4 is 10.6 Å². The van der Waals surface area contributed by atoms with Crippen molar-refractivity contribution >= 4 is 24.8 Å². The Bertz CT molecular complexity index is 248. The summed E-state index contributed by atoms with van der Waals surface area (Å²) in [5.74, 6) is 0. The number of hydrogen-bond acceptors (Lipinski definition) is 2. The molecule has 1 aromatic carbocycles. The van der Waals surface area contributed by atoms with Gasteiger partial charge in [0.2, 0.25) is 0 Å². The quantitative estimate of drug-likeness (QED) is 0.832. The van der Waals surface area contributed by atoms with Gasteiger partial charge in [-0.25, -0.2) is 0 Å². The van der Waals surface area contributed by atoms with E-state index in [1.165, 1.54) is 5.56 Å². The van der Waals surface area contributed by atoms with E-state index in [0.29, 0.717) is 6.04 Å². The molecule has 2 N–H and O–H groups in total. The Morgan fingerprint density at radius 2 is 1.80 bits per heavy atom. The molecule has 1 aromatic rings. The Morgan fingerprint density at radius 3 is 2.40 bits per heavy atom. The molecule has 15 heavy (non-hydrogen) atoms. The lowest BCUT2D eigenvalue weighted by Crippen LogP contribution is -2.49. The Labute approximate surface area is 104 Å². The van der Waals surface area contributed by atoms with Crippen LogP contribution >= 0.6 is 24.8 Å². The molecule has 0 radical (unpaired) electrons. The van der Waals surface area contributed by atoms with E-state index >= 15 is 0 Å². The van der Waals surface area contributed by atoms with Gasteiger partial charge in [-0.3, -0.25) is 0 Å². The molecule has 0 amide bonds. The Morgan fingerprint density at radius 1 is 1.07 bits per heavy atom. The number of benzene rings is 1. The van der Waals surface area contributed by atoms with Crippen LogP contribution in [0.15, 0.2) is 30.3 Å². The van der Waals surface area contributed by atoms with Gasteiger partial charge < -0.3 is 10.6 Å². The fraction of sp³-hybridized carbons (Fsp3) is 0.455. The molecule has 86 valence electrons. The molecule has 1 saturated heterocycles. The zero-order chi connectivity index (χ0) is 8.93. The molecule has 1 heterocycles. The highest BCUT2D eigenvalue weighted by Crippen LogP contribution is 2.03. The van der Waals surface area contributed by atoms with Gasteiger partial charge in [-0.05, 0) is 12.0 Å². The van der Waals surface area contributed by atoms with E-state index in [9.17, 15) is 0 Å². The van der Waals surface area contributed by atoms with Crippen LogP contribution in [0.1, 0.15) is 5.56 Å². The second-order valence-electron chi connectivity index (χ2n) is 3.54. The van der Waals surface area contributed by atoms with Gasteiger partial charge in [0.1, 0.15) is 0 Å². The lowest BCUT2D eigenvalue weighted by molar-refractivity contribution is 0.416. The summed E-state index contributed by atoms with van der Waals surface area (Å²) in [6.45, 7) is 3.29. The van der Waals surface area contributed by atoms with Crippen LogP contribution in [0.25, 0.3) is 0 Å². The number of rotatable bonds is 2. The van der Waals surface area contributed by atoms with E-state index in [0.717, 1.165) is 26.1 Å². The maximum Gasteiger partial charge on any atom is 0.0233 e. The first kappa shape index (κ1) is 14.7. The Balaban J connectivity index is 0.000000980. The van der Waals surface area contributed by atoms with Crippen molar-refractivity contribution in [1.82, 2.24) is 10.6 Å². The number of hydrogen-bond donors (Lipinski definition) is 2. The van der Waals surface area contributed by atoms with Gasteiger partial charge in [0.25, 0.3) is 0 Å². The Kier molecular flexibility index (Phi) is 7.79. The minimum Gasteiger partial charge on any atom is -0.314 e. The van der Waals surface area contributed by atoms with E-state index in [1.54, 1.807) is 0 Å². The second-order valence-corrected chi connectivity index (χ2v) is 3.54. The van der Waals surface area contributed by atoms with E-state index in [1.807, 2.05) is 0 Å². The lowest BCUT2D eigenvalue weighted by Gasteiger charge is -2.24. The third kappa shape index (κ3) is 4.85. The maximum atomic E-state index is 3.51. The summed E-state index contributed by atoms with van der Waals surface area (Å²) in [6.07, 6.45) is 1.13. The highest BCUT2D eigenvalue weighted by molar-refractivity contribution is 5.85. The third-order valence-electron chi connectivity index (χ3n) is 2.45. The molecule has 0 aliphatic carbocycles. The van der Waals surface area contributed by atoms with E-state index in [2.05, 4.69) is 41.0 Å². The minimum atomic E-state index is 0. The highest BCUT2D eigenvalue weighted by Gasteiger charge is 2.11. The summed E-state index contributed by atoms with van der Waals surface area (Å²) in [4.78, 5) is 0. The summed E-state index contributed by atoms with van der Waals surface area (Å²) < 4.78 is 0. The van der Waals surface area contributed by atoms with Crippen LogP contribution in [0.4, 0.5) is 0 Å². The molecule has 0 aromatic heterocycles. The molecule has 1 atom stereocenters. The second kappa shape index (κ2) is 7.94. The van der Waals surface area contributed by atoms with Crippen LogP contribution in [0, 0.1) is 0 Å². The van der Waals surface area contributed by atoms with Gasteiger partial charge >= 0.3 is 0 Å². The van der Waals surface area contributed by atoms with E-state index in [4.69, 9.17) is 0 Å². The number of piperazine rings is 1. The van der Waals surface area contributed by atoms with Gasteiger partial charge in [0.15, 0.2) is 0 Å². The van der Waals surface area contributed by atoms with Crippen molar-refractivity contribution in [3.05, 3.63) is 35.9 Å². The van der Waals surface area contributed by atoms with E-state index < -0.39 is 0 Å². The first-order chi connectivity index (χ1) is 6.45.